The first-order valence-corrected chi connectivity index (χ1v) is 8.04. The Labute approximate surface area is 140 Å². The largest absolute Gasteiger partial charge is 0.507 e. The summed E-state index contributed by atoms with van der Waals surface area (Å²) in [7, 11) is 0. The van der Waals surface area contributed by atoms with Gasteiger partial charge in [0.05, 0.1) is 18.5 Å². The third-order valence-corrected chi connectivity index (χ3v) is 4.15. The number of aromatic hydroxyl groups is 1. The van der Waals surface area contributed by atoms with Crippen molar-refractivity contribution in [3.05, 3.63) is 38.8 Å². The summed E-state index contributed by atoms with van der Waals surface area (Å²) in [6, 6.07) is 5.03. The average Bonchev–Trinajstić information content (AvgIpc) is 2.84. The van der Waals surface area contributed by atoms with E-state index in [9.17, 15) is 9.90 Å². The van der Waals surface area contributed by atoms with Crippen molar-refractivity contribution in [2.24, 2.45) is 5.10 Å². The number of anilines is 1. The number of nitrogens with one attached hydrogen (secondary N) is 1. The molecule has 0 unspecified atom stereocenters. The van der Waals surface area contributed by atoms with Crippen molar-refractivity contribution in [1.82, 2.24) is 4.98 Å². The predicted molar refractivity (Wildman–Crippen MR) is 89.8 cm³/mol. The summed E-state index contributed by atoms with van der Waals surface area (Å²) < 4.78 is 5.79. The number of aromatic nitrogens is 1. The molecule has 116 valence electrons. The Kier molecular flexibility index (Phi) is 5.51. The molecule has 6 nitrogen and oxygen atoms in total. The minimum Gasteiger partial charge on any atom is -0.507 e. The normalized spacial score (nSPS) is 10.9. The number of nitrogens with zero attached hydrogens (tertiary/aromatic N) is 2. The molecule has 0 aliphatic rings. The highest BCUT2D eigenvalue weighted by atomic mass is 79.9. The molecule has 2 N–H and O–H groups in total. The van der Waals surface area contributed by atoms with Gasteiger partial charge in [-0.15, -0.1) is 0 Å². The number of phenolic OH excluding ortho intramolecular Hbond substituents is 1. The molecule has 0 saturated heterocycles. The van der Waals surface area contributed by atoms with Crippen LogP contribution in [0.4, 0.5) is 5.13 Å². The van der Waals surface area contributed by atoms with Crippen molar-refractivity contribution >= 4 is 44.6 Å². The van der Waals surface area contributed by atoms with E-state index in [1.54, 1.807) is 32.0 Å². The Morgan fingerprint density at radius 2 is 2.36 bits per heavy atom. The molecule has 0 aliphatic carbocycles. The number of esters is 1. The van der Waals surface area contributed by atoms with E-state index in [1.165, 1.54) is 17.6 Å². The summed E-state index contributed by atoms with van der Waals surface area (Å²) in [5.41, 5.74) is 3.89. The SMILES string of the molecule is CCOC(=O)c1sc(N/N=C/c2cc(Br)ccc2O)nc1C. The van der Waals surface area contributed by atoms with Crippen LogP contribution in [0.1, 0.15) is 27.9 Å². The van der Waals surface area contributed by atoms with Gasteiger partial charge < -0.3 is 9.84 Å². The molecule has 0 atom stereocenters. The summed E-state index contributed by atoms with van der Waals surface area (Å²) in [6.07, 6.45) is 1.47. The van der Waals surface area contributed by atoms with Crippen molar-refractivity contribution in [2.45, 2.75) is 13.8 Å². The number of aryl methyl sites for hydroxylation is 1. The minimum absolute atomic E-state index is 0.122. The van der Waals surface area contributed by atoms with E-state index in [4.69, 9.17) is 4.74 Å². The number of benzene rings is 1. The van der Waals surface area contributed by atoms with Crippen molar-refractivity contribution in [3.8, 4) is 5.75 Å². The van der Waals surface area contributed by atoms with Gasteiger partial charge in [-0.2, -0.15) is 5.10 Å². The Bertz CT molecular complexity index is 715. The van der Waals surface area contributed by atoms with E-state index in [2.05, 4.69) is 31.4 Å². The monoisotopic (exact) mass is 383 g/mol. The van der Waals surface area contributed by atoms with Crippen LogP contribution >= 0.6 is 27.3 Å². The first-order valence-electron chi connectivity index (χ1n) is 6.43. The van der Waals surface area contributed by atoms with Gasteiger partial charge in [0.15, 0.2) is 0 Å². The molecule has 0 aliphatic heterocycles. The number of phenols is 1. The van der Waals surface area contributed by atoms with Gasteiger partial charge in [0.2, 0.25) is 5.13 Å². The molecule has 0 fully saturated rings. The molecule has 0 spiro atoms. The Balaban J connectivity index is 2.08. The van der Waals surface area contributed by atoms with Crippen LogP contribution in [0.2, 0.25) is 0 Å². The van der Waals surface area contributed by atoms with Crippen molar-refractivity contribution < 1.29 is 14.6 Å². The van der Waals surface area contributed by atoms with Gasteiger partial charge in [-0.25, -0.2) is 9.78 Å². The van der Waals surface area contributed by atoms with Crippen LogP contribution in [0.3, 0.4) is 0 Å². The van der Waals surface area contributed by atoms with E-state index in [1.807, 2.05) is 0 Å². The highest BCUT2D eigenvalue weighted by molar-refractivity contribution is 9.10. The first-order chi connectivity index (χ1) is 10.5. The van der Waals surface area contributed by atoms with Crippen molar-refractivity contribution in [3.63, 3.8) is 0 Å². The summed E-state index contributed by atoms with van der Waals surface area (Å²) in [4.78, 5) is 16.4. The highest BCUT2D eigenvalue weighted by Crippen LogP contribution is 2.24. The van der Waals surface area contributed by atoms with E-state index < -0.39 is 0 Å². The summed E-state index contributed by atoms with van der Waals surface area (Å²) in [5, 5.41) is 14.2. The molecule has 1 aromatic carbocycles. The third-order valence-electron chi connectivity index (χ3n) is 2.61. The standard InChI is InChI=1S/C14H14BrN3O3S/c1-3-21-13(20)12-8(2)17-14(22-12)18-16-7-9-6-10(15)4-5-11(9)19/h4-7,19H,3H2,1-2H3,(H,17,18)/b16-7+. The van der Waals surface area contributed by atoms with Gasteiger partial charge in [0, 0.05) is 10.0 Å². The number of halogens is 1. The Morgan fingerprint density at radius 3 is 3.09 bits per heavy atom. The topological polar surface area (TPSA) is 83.8 Å². The molecule has 0 amide bonds. The lowest BCUT2D eigenvalue weighted by Gasteiger charge is -1.99. The van der Waals surface area contributed by atoms with Crippen LogP contribution in [-0.2, 0) is 4.74 Å². The van der Waals surface area contributed by atoms with Crippen LogP contribution in [0.5, 0.6) is 5.75 Å². The number of carbonyl (C=O) groups excluding carboxylic acids is 1. The molecule has 2 aromatic rings. The fraction of sp³-hybridized carbons (Fsp3) is 0.214. The van der Waals surface area contributed by atoms with E-state index in [0.29, 0.717) is 27.9 Å². The highest BCUT2D eigenvalue weighted by Gasteiger charge is 2.15. The van der Waals surface area contributed by atoms with Crippen LogP contribution < -0.4 is 5.43 Å². The quantitative estimate of drug-likeness (QED) is 0.468. The zero-order valence-corrected chi connectivity index (χ0v) is 14.4. The minimum atomic E-state index is -0.390. The Morgan fingerprint density at radius 1 is 1.59 bits per heavy atom. The Hall–Kier alpha value is -1.93. The molecule has 0 bridgehead atoms. The first kappa shape index (κ1) is 16.4. The molecule has 1 aromatic heterocycles. The van der Waals surface area contributed by atoms with Crippen LogP contribution in [0, 0.1) is 6.92 Å². The lowest BCUT2D eigenvalue weighted by Crippen LogP contribution is -2.03. The van der Waals surface area contributed by atoms with Crippen molar-refractivity contribution in [1.29, 1.82) is 0 Å². The summed E-state index contributed by atoms with van der Waals surface area (Å²) >= 11 is 4.49. The zero-order chi connectivity index (χ0) is 16.1. The second kappa shape index (κ2) is 7.37. The smallest absolute Gasteiger partial charge is 0.350 e. The molecule has 1 heterocycles. The number of hydrogen-bond acceptors (Lipinski definition) is 7. The third kappa shape index (κ3) is 4.05. The van der Waals surface area contributed by atoms with Gasteiger partial charge >= 0.3 is 5.97 Å². The van der Waals surface area contributed by atoms with Crippen LogP contribution in [-0.4, -0.2) is 28.9 Å². The molecule has 22 heavy (non-hydrogen) atoms. The molecule has 0 radical (unpaired) electrons. The lowest BCUT2D eigenvalue weighted by molar-refractivity contribution is 0.0531. The maximum atomic E-state index is 11.7. The summed E-state index contributed by atoms with van der Waals surface area (Å²) in [6.45, 7) is 3.80. The fourth-order valence-electron chi connectivity index (χ4n) is 1.62. The second-order valence-corrected chi connectivity index (χ2v) is 6.14. The number of hydrazone groups is 1. The number of carbonyl (C=O) groups is 1. The van der Waals surface area contributed by atoms with Gasteiger partial charge in [-0.3, -0.25) is 5.43 Å². The van der Waals surface area contributed by atoms with Crippen LogP contribution in [0.25, 0.3) is 0 Å². The predicted octanol–water partition coefficient (Wildman–Crippen LogP) is 3.54. The number of hydrogen-bond donors (Lipinski definition) is 2. The maximum Gasteiger partial charge on any atom is 0.350 e. The van der Waals surface area contributed by atoms with Crippen molar-refractivity contribution in [2.75, 3.05) is 12.0 Å². The molecular weight excluding hydrogens is 370 g/mol. The van der Waals surface area contributed by atoms with E-state index in [0.717, 1.165) is 4.47 Å². The van der Waals surface area contributed by atoms with E-state index >= 15 is 0 Å². The van der Waals surface area contributed by atoms with Gasteiger partial charge in [0.1, 0.15) is 10.6 Å². The lowest BCUT2D eigenvalue weighted by atomic mass is 10.2. The number of ether oxygens (including phenoxy) is 1. The van der Waals surface area contributed by atoms with Crippen LogP contribution in [0.15, 0.2) is 27.8 Å². The van der Waals surface area contributed by atoms with E-state index in [-0.39, 0.29) is 11.7 Å². The number of rotatable bonds is 5. The van der Waals surface area contributed by atoms with Gasteiger partial charge in [-0.1, -0.05) is 27.3 Å². The molecule has 2 rings (SSSR count). The molecule has 8 heteroatoms. The average molecular weight is 384 g/mol. The fourth-order valence-corrected chi connectivity index (χ4v) is 2.80. The summed E-state index contributed by atoms with van der Waals surface area (Å²) in [5.74, 6) is -0.268. The van der Waals surface area contributed by atoms with Gasteiger partial charge in [-0.05, 0) is 32.0 Å². The second-order valence-electron chi connectivity index (χ2n) is 4.23. The molecule has 0 saturated carbocycles. The molecular formula is C14H14BrN3O3S. The zero-order valence-electron chi connectivity index (χ0n) is 12.0. The van der Waals surface area contributed by atoms with Gasteiger partial charge in [0.25, 0.3) is 0 Å². The maximum absolute atomic E-state index is 11.7. The number of thiazole rings is 1.